The van der Waals surface area contributed by atoms with Crippen molar-refractivity contribution in [3.63, 3.8) is 0 Å². The summed E-state index contributed by atoms with van der Waals surface area (Å²) in [6.45, 7) is 3.87. The number of nitrogens with one attached hydrogen (secondary N) is 1. The number of aliphatic hydroxyl groups excluding tert-OH is 1. The van der Waals surface area contributed by atoms with Crippen LogP contribution in [0, 0.1) is 13.8 Å². The lowest BCUT2D eigenvalue weighted by Gasteiger charge is -2.06. The number of aromatic nitrogens is 2. The highest BCUT2D eigenvalue weighted by atomic mass is 16.5. The molecule has 0 radical (unpaired) electrons. The summed E-state index contributed by atoms with van der Waals surface area (Å²) in [5.41, 5.74) is 3.92. The number of H-pyrrole nitrogens is 1. The van der Waals surface area contributed by atoms with E-state index in [2.05, 4.69) is 9.97 Å². The SMILES string of the molecule is COc1ccc(-c2nc(CO)[nH]c2C)cc1C. The summed E-state index contributed by atoms with van der Waals surface area (Å²) in [6.07, 6.45) is 0. The van der Waals surface area contributed by atoms with Crippen molar-refractivity contribution < 1.29 is 9.84 Å². The first-order chi connectivity index (χ1) is 8.15. The summed E-state index contributed by atoms with van der Waals surface area (Å²) in [4.78, 5) is 7.40. The number of nitrogens with zero attached hydrogens (tertiary/aromatic N) is 1. The lowest BCUT2D eigenvalue weighted by molar-refractivity contribution is 0.272. The summed E-state index contributed by atoms with van der Waals surface area (Å²) >= 11 is 0. The Labute approximate surface area is 100 Å². The van der Waals surface area contributed by atoms with Crippen LogP contribution in [0.5, 0.6) is 5.75 Å². The third-order valence-electron chi connectivity index (χ3n) is 2.75. The Bertz CT molecular complexity index is 532. The number of ether oxygens (including phenoxy) is 1. The van der Waals surface area contributed by atoms with Gasteiger partial charge in [0.05, 0.1) is 12.8 Å². The minimum atomic E-state index is -0.0734. The second-order valence-corrected chi connectivity index (χ2v) is 4.00. The van der Waals surface area contributed by atoms with Crippen LogP contribution in [0.4, 0.5) is 0 Å². The van der Waals surface area contributed by atoms with Crippen molar-refractivity contribution in [3.8, 4) is 17.0 Å². The fourth-order valence-electron chi connectivity index (χ4n) is 1.90. The first-order valence-electron chi connectivity index (χ1n) is 5.47. The van der Waals surface area contributed by atoms with Gasteiger partial charge in [-0.3, -0.25) is 0 Å². The molecule has 17 heavy (non-hydrogen) atoms. The number of imidazole rings is 1. The Morgan fingerprint density at radius 3 is 2.65 bits per heavy atom. The number of aromatic amines is 1. The molecule has 0 bridgehead atoms. The molecule has 2 N–H and O–H groups in total. The highest BCUT2D eigenvalue weighted by Crippen LogP contribution is 2.26. The van der Waals surface area contributed by atoms with Gasteiger partial charge in [-0.15, -0.1) is 0 Å². The number of hydrogen-bond acceptors (Lipinski definition) is 3. The van der Waals surface area contributed by atoms with Crippen molar-refractivity contribution in [1.82, 2.24) is 9.97 Å². The van der Waals surface area contributed by atoms with E-state index >= 15 is 0 Å². The van der Waals surface area contributed by atoms with Crippen LogP contribution in [0.25, 0.3) is 11.3 Å². The summed E-state index contributed by atoms with van der Waals surface area (Å²) in [5, 5.41) is 9.05. The molecule has 2 rings (SSSR count). The maximum absolute atomic E-state index is 9.05. The molecule has 0 amide bonds. The average Bonchev–Trinajstić information content (AvgIpc) is 2.70. The lowest BCUT2D eigenvalue weighted by atomic mass is 10.1. The average molecular weight is 232 g/mol. The Balaban J connectivity index is 2.45. The predicted molar refractivity (Wildman–Crippen MR) is 66.0 cm³/mol. The first-order valence-corrected chi connectivity index (χ1v) is 5.47. The smallest absolute Gasteiger partial charge is 0.132 e. The fourth-order valence-corrected chi connectivity index (χ4v) is 1.90. The second-order valence-electron chi connectivity index (χ2n) is 4.00. The van der Waals surface area contributed by atoms with Gasteiger partial charge in [0.2, 0.25) is 0 Å². The van der Waals surface area contributed by atoms with Crippen LogP contribution < -0.4 is 4.74 Å². The number of rotatable bonds is 3. The monoisotopic (exact) mass is 232 g/mol. The van der Waals surface area contributed by atoms with Crippen LogP contribution >= 0.6 is 0 Å². The Kier molecular flexibility index (Phi) is 3.15. The molecule has 0 atom stereocenters. The molecular formula is C13H16N2O2. The van der Waals surface area contributed by atoms with E-state index in [0.717, 1.165) is 28.3 Å². The van der Waals surface area contributed by atoms with E-state index in [1.807, 2.05) is 32.0 Å². The Morgan fingerprint density at radius 2 is 2.12 bits per heavy atom. The van der Waals surface area contributed by atoms with Crippen molar-refractivity contribution in [2.24, 2.45) is 0 Å². The number of aliphatic hydroxyl groups is 1. The van der Waals surface area contributed by atoms with Gasteiger partial charge in [-0.1, -0.05) is 0 Å². The second kappa shape index (κ2) is 4.59. The standard InChI is InChI=1S/C13H16N2O2/c1-8-6-10(4-5-11(8)17-3)13-9(2)14-12(7-16)15-13/h4-6,16H,7H2,1-3H3,(H,14,15). The number of methoxy groups -OCH3 is 1. The molecule has 4 heteroatoms. The normalized spacial score (nSPS) is 10.6. The van der Waals surface area contributed by atoms with Gasteiger partial charge in [0.25, 0.3) is 0 Å². The third-order valence-corrected chi connectivity index (χ3v) is 2.75. The van der Waals surface area contributed by atoms with Crippen molar-refractivity contribution >= 4 is 0 Å². The van der Waals surface area contributed by atoms with Gasteiger partial charge in [0, 0.05) is 11.3 Å². The zero-order chi connectivity index (χ0) is 12.4. The van der Waals surface area contributed by atoms with Crippen LogP contribution in [-0.2, 0) is 6.61 Å². The Hall–Kier alpha value is -1.81. The highest BCUT2D eigenvalue weighted by Gasteiger charge is 2.09. The molecule has 90 valence electrons. The minimum Gasteiger partial charge on any atom is -0.496 e. The van der Waals surface area contributed by atoms with E-state index in [-0.39, 0.29) is 6.61 Å². The number of hydrogen-bond donors (Lipinski definition) is 2. The molecule has 0 saturated heterocycles. The minimum absolute atomic E-state index is 0.0734. The van der Waals surface area contributed by atoms with Crippen LogP contribution in [0.3, 0.4) is 0 Å². The molecule has 1 aromatic heterocycles. The van der Waals surface area contributed by atoms with Crippen molar-refractivity contribution in [2.75, 3.05) is 7.11 Å². The van der Waals surface area contributed by atoms with Gasteiger partial charge >= 0.3 is 0 Å². The molecule has 0 unspecified atom stereocenters. The maximum atomic E-state index is 9.05. The maximum Gasteiger partial charge on any atom is 0.132 e. The molecule has 0 spiro atoms. The van der Waals surface area contributed by atoms with Gasteiger partial charge in [-0.2, -0.15) is 0 Å². The summed E-state index contributed by atoms with van der Waals surface area (Å²) < 4.78 is 5.22. The highest BCUT2D eigenvalue weighted by molar-refractivity contribution is 5.64. The van der Waals surface area contributed by atoms with Crippen molar-refractivity contribution in [1.29, 1.82) is 0 Å². The van der Waals surface area contributed by atoms with Gasteiger partial charge < -0.3 is 14.8 Å². The van der Waals surface area contributed by atoms with Crippen molar-refractivity contribution in [2.45, 2.75) is 20.5 Å². The van der Waals surface area contributed by atoms with Crippen LogP contribution in [0.15, 0.2) is 18.2 Å². The molecule has 0 aliphatic carbocycles. The summed E-state index contributed by atoms with van der Waals surface area (Å²) in [7, 11) is 1.66. The van der Waals surface area contributed by atoms with Gasteiger partial charge in [0.1, 0.15) is 18.2 Å². The number of aryl methyl sites for hydroxylation is 2. The molecule has 0 fully saturated rings. The quantitative estimate of drug-likeness (QED) is 0.852. The van der Waals surface area contributed by atoms with E-state index in [1.54, 1.807) is 7.11 Å². The molecular weight excluding hydrogens is 216 g/mol. The number of benzene rings is 1. The van der Waals surface area contributed by atoms with Gasteiger partial charge in [-0.05, 0) is 37.6 Å². The summed E-state index contributed by atoms with van der Waals surface area (Å²) in [5.74, 6) is 1.45. The molecule has 2 aromatic rings. The summed E-state index contributed by atoms with van der Waals surface area (Å²) in [6, 6.07) is 5.93. The lowest BCUT2D eigenvalue weighted by Crippen LogP contribution is -1.89. The van der Waals surface area contributed by atoms with Gasteiger partial charge in [0.15, 0.2) is 0 Å². The van der Waals surface area contributed by atoms with Crippen LogP contribution in [0.2, 0.25) is 0 Å². The Morgan fingerprint density at radius 1 is 1.35 bits per heavy atom. The molecule has 0 aliphatic rings. The van der Waals surface area contributed by atoms with E-state index in [9.17, 15) is 0 Å². The fraction of sp³-hybridized carbons (Fsp3) is 0.308. The first kappa shape index (κ1) is 11.7. The van der Waals surface area contributed by atoms with Gasteiger partial charge in [-0.25, -0.2) is 4.98 Å². The van der Waals surface area contributed by atoms with Crippen molar-refractivity contribution in [3.05, 3.63) is 35.3 Å². The van der Waals surface area contributed by atoms with Crippen LogP contribution in [0.1, 0.15) is 17.1 Å². The van der Waals surface area contributed by atoms with E-state index in [4.69, 9.17) is 9.84 Å². The molecule has 0 saturated carbocycles. The molecule has 4 nitrogen and oxygen atoms in total. The van der Waals surface area contributed by atoms with Crippen LogP contribution in [-0.4, -0.2) is 22.2 Å². The molecule has 1 heterocycles. The molecule has 1 aromatic carbocycles. The zero-order valence-corrected chi connectivity index (χ0v) is 10.2. The van der Waals surface area contributed by atoms with E-state index < -0.39 is 0 Å². The molecule has 0 aliphatic heterocycles. The third kappa shape index (κ3) is 2.17. The predicted octanol–water partition coefficient (Wildman–Crippen LogP) is 2.19. The largest absolute Gasteiger partial charge is 0.496 e. The van der Waals surface area contributed by atoms with E-state index in [0.29, 0.717) is 5.82 Å². The topological polar surface area (TPSA) is 58.1 Å². The van der Waals surface area contributed by atoms with E-state index in [1.165, 1.54) is 0 Å². The zero-order valence-electron chi connectivity index (χ0n) is 10.2.